The van der Waals surface area contributed by atoms with Crippen LogP contribution in [-0.4, -0.2) is 44.6 Å². The van der Waals surface area contributed by atoms with Crippen LogP contribution in [0.3, 0.4) is 0 Å². The molecule has 2 aromatic rings. The number of ether oxygens (including phenoxy) is 2. The summed E-state index contributed by atoms with van der Waals surface area (Å²) in [5, 5.41) is 7.85. The topological polar surface area (TPSA) is 107 Å². The van der Waals surface area contributed by atoms with Crippen molar-refractivity contribution in [2.24, 2.45) is 0 Å². The largest absolute Gasteiger partial charge is 0.495 e. The first-order chi connectivity index (χ1) is 11.4. The molecule has 0 spiro atoms. The predicted molar refractivity (Wildman–Crippen MR) is 91.5 cm³/mol. The number of nitrogens with zero attached hydrogens (tertiary/aromatic N) is 2. The second-order valence-corrected chi connectivity index (χ2v) is 8.43. The molecule has 0 atom stereocenters. The van der Waals surface area contributed by atoms with E-state index in [0.29, 0.717) is 4.34 Å². The van der Waals surface area contributed by atoms with Gasteiger partial charge in [-0.15, -0.1) is 10.2 Å². The Kier molecular flexibility index (Phi) is 6.27. The van der Waals surface area contributed by atoms with E-state index in [1.807, 2.05) is 0 Å². The van der Waals surface area contributed by atoms with Gasteiger partial charge in [-0.3, -0.25) is 9.52 Å². The number of nitrogens with one attached hydrogen (secondary N) is 1. The maximum atomic E-state index is 12.5. The van der Waals surface area contributed by atoms with Crippen LogP contribution < -0.4 is 9.46 Å². The van der Waals surface area contributed by atoms with Crippen LogP contribution in [0.15, 0.2) is 27.4 Å². The van der Waals surface area contributed by atoms with Crippen molar-refractivity contribution in [2.75, 3.05) is 24.7 Å². The molecule has 0 saturated carbocycles. The van der Waals surface area contributed by atoms with E-state index in [4.69, 9.17) is 16.3 Å². The third-order valence-corrected chi connectivity index (χ3v) is 6.25. The molecule has 0 aliphatic rings. The molecular formula is C12H12ClN3O5S3. The summed E-state index contributed by atoms with van der Waals surface area (Å²) in [5.74, 6) is -0.210. The molecule has 2 rings (SSSR count). The van der Waals surface area contributed by atoms with Gasteiger partial charge in [0.1, 0.15) is 10.6 Å². The van der Waals surface area contributed by atoms with Gasteiger partial charge in [-0.1, -0.05) is 34.7 Å². The average Bonchev–Trinajstić information content (AvgIpc) is 2.99. The summed E-state index contributed by atoms with van der Waals surface area (Å²) in [6.45, 7) is 0. The van der Waals surface area contributed by atoms with E-state index in [9.17, 15) is 13.2 Å². The second-order valence-electron chi connectivity index (χ2n) is 4.14. The van der Waals surface area contributed by atoms with Crippen molar-refractivity contribution < 1.29 is 22.7 Å². The van der Waals surface area contributed by atoms with Gasteiger partial charge in [-0.05, 0) is 18.2 Å². The van der Waals surface area contributed by atoms with Crippen LogP contribution in [0.2, 0.25) is 5.02 Å². The average molecular weight is 410 g/mol. The highest BCUT2D eigenvalue weighted by Crippen LogP contribution is 2.31. The summed E-state index contributed by atoms with van der Waals surface area (Å²) in [7, 11) is -1.32. The summed E-state index contributed by atoms with van der Waals surface area (Å²) in [6.07, 6.45) is 0. The third kappa shape index (κ3) is 4.72. The van der Waals surface area contributed by atoms with Gasteiger partial charge < -0.3 is 9.47 Å². The van der Waals surface area contributed by atoms with Crippen molar-refractivity contribution in [3.05, 3.63) is 23.2 Å². The molecule has 1 aromatic carbocycles. The smallest absolute Gasteiger partial charge is 0.316 e. The molecule has 0 aliphatic carbocycles. The SMILES string of the molecule is COC(=O)CSc1nnc(NS(=O)(=O)c2cc(Cl)ccc2OC)s1. The number of hydrogen-bond donors (Lipinski definition) is 1. The molecule has 0 bridgehead atoms. The quantitative estimate of drug-likeness (QED) is 0.548. The number of sulfonamides is 1. The fourth-order valence-electron chi connectivity index (χ4n) is 1.52. The number of rotatable bonds is 7. The Morgan fingerprint density at radius 3 is 2.79 bits per heavy atom. The fraction of sp³-hybridized carbons (Fsp3) is 0.250. The number of aromatic nitrogens is 2. The minimum atomic E-state index is -3.95. The minimum Gasteiger partial charge on any atom is -0.495 e. The zero-order chi connectivity index (χ0) is 17.7. The Balaban J connectivity index is 2.17. The monoisotopic (exact) mass is 409 g/mol. The van der Waals surface area contributed by atoms with Crippen molar-refractivity contribution in [3.8, 4) is 5.75 Å². The lowest BCUT2D eigenvalue weighted by Crippen LogP contribution is -2.14. The minimum absolute atomic E-state index is 0.0556. The van der Waals surface area contributed by atoms with Gasteiger partial charge in [0.2, 0.25) is 5.13 Å². The van der Waals surface area contributed by atoms with Crippen molar-refractivity contribution in [2.45, 2.75) is 9.24 Å². The van der Waals surface area contributed by atoms with Gasteiger partial charge in [-0.2, -0.15) is 0 Å². The van der Waals surface area contributed by atoms with Gasteiger partial charge in [0.25, 0.3) is 10.0 Å². The summed E-state index contributed by atoms with van der Waals surface area (Å²) >= 11 is 7.94. The highest BCUT2D eigenvalue weighted by Gasteiger charge is 2.22. The van der Waals surface area contributed by atoms with Crippen LogP contribution in [-0.2, 0) is 19.6 Å². The van der Waals surface area contributed by atoms with E-state index in [2.05, 4.69) is 19.7 Å². The molecule has 0 fully saturated rings. The number of esters is 1. The van der Waals surface area contributed by atoms with Crippen molar-refractivity contribution >= 4 is 55.8 Å². The molecule has 0 amide bonds. The van der Waals surface area contributed by atoms with Crippen molar-refractivity contribution in [1.82, 2.24) is 10.2 Å². The maximum Gasteiger partial charge on any atom is 0.316 e. The molecular weight excluding hydrogens is 398 g/mol. The van der Waals surface area contributed by atoms with E-state index < -0.39 is 16.0 Å². The van der Waals surface area contributed by atoms with E-state index in [1.54, 1.807) is 0 Å². The molecule has 0 aliphatic heterocycles. The van der Waals surface area contributed by atoms with E-state index in [-0.39, 0.29) is 26.6 Å². The van der Waals surface area contributed by atoms with Gasteiger partial charge in [0.05, 0.1) is 20.0 Å². The highest BCUT2D eigenvalue weighted by atomic mass is 35.5. The van der Waals surface area contributed by atoms with E-state index >= 15 is 0 Å². The molecule has 8 nitrogen and oxygen atoms in total. The fourth-order valence-corrected chi connectivity index (χ4v) is 4.77. The molecule has 1 aromatic heterocycles. The van der Waals surface area contributed by atoms with Crippen LogP contribution in [0.25, 0.3) is 0 Å². The van der Waals surface area contributed by atoms with E-state index in [0.717, 1.165) is 23.1 Å². The van der Waals surface area contributed by atoms with Crippen LogP contribution in [0.1, 0.15) is 0 Å². The summed E-state index contributed by atoms with van der Waals surface area (Å²) in [6, 6.07) is 4.25. The Labute approximate surface area is 151 Å². The third-order valence-electron chi connectivity index (χ3n) is 2.58. The number of carbonyl (C=O) groups excluding carboxylic acids is 1. The normalized spacial score (nSPS) is 11.1. The highest BCUT2D eigenvalue weighted by molar-refractivity contribution is 8.01. The number of halogens is 1. The van der Waals surface area contributed by atoms with Gasteiger partial charge >= 0.3 is 5.97 Å². The van der Waals surface area contributed by atoms with Crippen molar-refractivity contribution in [3.63, 3.8) is 0 Å². The lowest BCUT2D eigenvalue weighted by molar-refractivity contribution is -0.137. The molecule has 1 N–H and O–H groups in total. The summed E-state index contributed by atoms with van der Waals surface area (Å²) in [5.41, 5.74) is 0. The standard InChI is InChI=1S/C12H12ClN3O5S3/c1-20-8-4-3-7(13)5-9(8)24(18,19)16-11-14-15-12(23-11)22-6-10(17)21-2/h3-5H,6H2,1-2H3,(H,14,16). The maximum absolute atomic E-state index is 12.5. The van der Waals surface area contributed by atoms with Crippen LogP contribution in [0, 0.1) is 0 Å². The van der Waals surface area contributed by atoms with Gasteiger partial charge in [0.15, 0.2) is 4.34 Å². The van der Waals surface area contributed by atoms with Gasteiger partial charge in [0, 0.05) is 5.02 Å². The first kappa shape index (κ1) is 18.8. The lowest BCUT2D eigenvalue weighted by atomic mass is 10.3. The van der Waals surface area contributed by atoms with Crippen LogP contribution >= 0.6 is 34.7 Å². The lowest BCUT2D eigenvalue weighted by Gasteiger charge is -2.09. The zero-order valence-corrected chi connectivity index (χ0v) is 15.7. The summed E-state index contributed by atoms with van der Waals surface area (Å²) < 4.78 is 37.2. The second kappa shape index (κ2) is 8.01. The number of hydrogen-bond acceptors (Lipinski definition) is 9. The van der Waals surface area contributed by atoms with Crippen molar-refractivity contribution in [1.29, 1.82) is 0 Å². The molecule has 0 unspecified atom stereocenters. The van der Waals surface area contributed by atoms with Crippen LogP contribution in [0.5, 0.6) is 5.75 Å². The Bertz CT molecular complexity index is 840. The Morgan fingerprint density at radius 1 is 1.38 bits per heavy atom. The number of methoxy groups -OCH3 is 2. The Hall–Kier alpha value is -1.56. The number of carbonyl (C=O) groups is 1. The number of anilines is 1. The number of benzene rings is 1. The first-order valence-electron chi connectivity index (χ1n) is 6.25. The Morgan fingerprint density at radius 2 is 2.12 bits per heavy atom. The molecule has 0 radical (unpaired) electrons. The summed E-state index contributed by atoms with van der Waals surface area (Å²) in [4.78, 5) is 11.0. The molecule has 0 saturated heterocycles. The van der Waals surface area contributed by atoms with Crippen LogP contribution in [0.4, 0.5) is 5.13 Å². The molecule has 130 valence electrons. The van der Waals surface area contributed by atoms with Gasteiger partial charge in [-0.25, -0.2) is 8.42 Å². The zero-order valence-electron chi connectivity index (χ0n) is 12.5. The predicted octanol–water partition coefficient (Wildman–Crippen LogP) is 2.27. The molecule has 24 heavy (non-hydrogen) atoms. The first-order valence-corrected chi connectivity index (χ1v) is 9.91. The van der Waals surface area contributed by atoms with E-state index in [1.165, 1.54) is 32.4 Å². The number of thioether (sulfide) groups is 1. The molecule has 1 heterocycles. The molecule has 12 heteroatoms.